The number of hydrogen-bond donors (Lipinski definition) is 2. The zero-order valence-electron chi connectivity index (χ0n) is 27.1. The second kappa shape index (κ2) is 19.8. The number of methoxy groups -OCH3 is 1. The number of unbranched alkanes of at least 4 members (excludes halogenated alkanes) is 2. The van der Waals surface area contributed by atoms with Gasteiger partial charge in [-0.3, -0.25) is 9.98 Å². The summed E-state index contributed by atoms with van der Waals surface area (Å²) in [6.07, 6.45) is 5.90. The minimum Gasteiger partial charge on any atom is -0.462 e. The van der Waals surface area contributed by atoms with E-state index in [1.165, 1.54) is 25.6 Å². The molecule has 12 heteroatoms. The van der Waals surface area contributed by atoms with Gasteiger partial charge in [0.05, 0.1) is 30.4 Å². The SMILES string of the molecule is CCCCC.COCCCN=C(C)N1CCN(c2ccc(OC3COC(CN/C=N\CN)(c4ccc(Cl)cc4Cl)O3)cc2)CC1. The molecule has 2 unspecified atom stereocenters. The number of hydrogen-bond acceptors (Lipinski definition) is 8. The Labute approximate surface area is 278 Å². The highest BCUT2D eigenvalue weighted by Gasteiger charge is 2.45. The Hall–Kier alpha value is -2.60. The van der Waals surface area contributed by atoms with Crippen molar-refractivity contribution in [3.05, 3.63) is 58.1 Å². The molecule has 2 aliphatic heterocycles. The van der Waals surface area contributed by atoms with E-state index >= 15 is 0 Å². The van der Waals surface area contributed by atoms with Crippen LogP contribution in [0.1, 0.15) is 52.0 Å². The lowest BCUT2D eigenvalue weighted by Crippen LogP contribution is -2.48. The van der Waals surface area contributed by atoms with E-state index in [2.05, 4.69) is 58.0 Å². The standard InChI is InChI=1S/C28H38Cl2N6O4.C5H12/c1-21(34-10-3-15-37-2)35-11-13-36(14-12-35)23-5-7-24(8-6-23)39-27-17-38-28(40-27,18-32-20-33-19-31)25-9-4-22(29)16-26(25)30;1-3-5-4-2/h4-9,16,20,27H,3,10-15,17-19,31H2,1-2H3,(H,32,33);3-5H2,1-2H3. The van der Waals surface area contributed by atoms with E-state index in [0.29, 0.717) is 21.4 Å². The van der Waals surface area contributed by atoms with Crippen LogP contribution >= 0.6 is 23.2 Å². The van der Waals surface area contributed by atoms with Crippen LogP contribution in [0, 0.1) is 0 Å². The minimum atomic E-state index is -1.18. The lowest BCUT2D eigenvalue weighted by Gasteiger charge is -2.37. The smallest absolute Gasteiger partial charge is 0.226 e. The van der Waals surface area contributed by atoms with Crippen molar-refractivity contribution in [2.75, 3.05) is 71.2 Å². The highest BCUT2D eigenvalue weighted by molar-refractivity contribution is 6.35. The van der Waals surface area contributed by atoms with Crippen LogP contribution in [0.4, 0.5) is 5.69 Å². The molecule has 0 saturated carbocycles. The summed E-state index contributed by atoms with van der Waals surface area (Å²) < 4.78 is 23.7. The Morgan fingerprint density at radius 1 is 1.09 bits per heavy atom. The van der Waals surface area contributed by atoms with Crippen LogP contribution in [-0.2, 0) is 20.0 Å². The molecule has 2 fully saturated rings. The maximum atomic E-state index is 6.51. The molecular weight excluding hydrogens is 615 g/mol. The molecular formula is C33H50Cl2N6O4. The first kappa shape index (κ1) is 36.9. The van der Waals surface area contributed by atoms with Gasteiger partial charge >= 0.3 is 0 Å². The fourth-order valence-electron chi connectivity index (χ4n) is 5.04. The number of nitrogens with two attached hydrogens (primary N) is 1. The molecule has 0 radical (unpaired) electrons. The molecule has 10 nitrogen and oxygen atoms in total. The number of nitrogens with zero attached hydrogens (tertiary/aromatic N) is 4. The summed E-state index contributed by atoms with van der Waals surface area (Å²) >= 11 is 12.6. The summed E-state index contributed by atoms with van der Waals surface area (Å²) in [6.45, 7) is 12.4. The van der Waals surface area contributed by atoms with Crippen LogP contribution < -0.4 is 20.7 Å². The van der Waals surface area contributed by atoms with Gasteiger partial charge in [0, 0.05) is 62.7 Å². The Morgan fingerprint density at radius 3 is 2.44 bits per heavy atom. The molecule has 0 bridgehead atoms. The molecule has 2 saturated heterocycles. The molecule has 4 rings (SSSR count). The average molecular weight is 666 g/mol. The largest absolute Gasteiger partial charge is 0.462 e. The predicted octanol–water partition coefficient (Wildman–Crippen LogP) is 5.91. The van der Waals surface area contributed by atoms with Crippen LogP contribution in [0.15, 0.2) is 52.4 Å². The second-order valence-corrected chi connectivity index (χ2v) is 11.7. The van der Waals surface area contributed by atoms with Crippen LogP contribution in [0.2, 0.25) is 10.0 Å². The number of amidine groups is 1. The molecule has 2 atom stereocenters. The van der Waals surface area contributed by atoms with E-state index in [1.807, 2.05) is 12.1 Å². The molecule has 2 heterocycles. The number of nitrogens with one attached hydrogen (secondary N) is 1. The fraction of sp³-hybridized carbons (Fsp3) is 0.576. The van der Waals surface area contributed by atoms with Crippen molar-refractivity contribution in [1.82, 2.24) is 10.2 Å². The van der Waals surface area contributed by atoms with Gasteiger partial charge in [-0.15, -0.1) is 0 Å². The molecule has 3 N–H and O–H groups in total. The quantitative estimate of drug-likeness (QED) is 0.146. The van der Waals surface area contributed by atoms with Gasteiger partial charge in [0.15, 0.2) is 0 Å². The van der Waals surface area contributed by atoms with Gasteiger partial charge in [0.1, 0.15) is 12.4 Å². The number of aliphatic imine (C=N–C) groups is 2. The molecule has 2 aromatic rings. The van der Waals surface area contributed by atoms with Gasteiger partial charge in [0.25, 0.3) is 0 Å². The van der Waals surface area contributed by atoms with Crippen molar-refractivity contribution in [3.63, 3.8) is 0 Å². The minimum absolute atomic E-state index is 0.171. The van der Waals surface area contributed by atoms with E-state index in [9.17, 15) is 0 Å². The molecule has 45 heavy (non-hydrogen) atoms. The first-order chi connectivity index (χ1) is 21.9. The number of rotatable bonds is 14. The van der Waals surface area contributed by atoms with Crippen molar-refractivity contribution in [1.29, 1.82) is 0 Å². The van der Waals surface area contributed by atoms with Gasteiger partial charge in [-0.25, -0.2) is 0 Å². The molecule has 0 amide bonds. The Balaban J connectivity index is 0.00000102. The maximum absolute atomic E-state index is 6.51. The van der Waals surface area contributed by atoms with Gasteiger partial charge < -0.3 is 39.8 Å². The molecule has 2 aromatic carbocycles. The zero-order chi connectivity index (χ0) is 32.5. The Kier molecular flexibility index (Phi) is 16.2. The summed E-state index contributed by atoms with van der Waals surface area (Å²) in [4.78, 5) is 13.4. The highest BCUT2D eigenvalue weighted by Crippen LogP contribution is 2.39. The van der Waals surface area contributed by atoms with Gasteiger partial charge in [0.2, 0.25) is 12.1 Å². The van der Waals surface area contributed by atoms with E-state index in [4.69, 9.17) is 47.9 Å². The molecule has 0 aliphatic carbocycles. The third-order valence-corrected chi connectivity index (χ3v) is 8.05. The van der Waals surface area contributed by atoms with Gasteiger partial charge in [-0.1, -0.05) is 62.4 Å². The number of ether oxygens (including phenoxy) is 4. The Bertz CT molecular complexity index is 1190. The van der Waals surface area contributed by atoms with Crippen molar-refractivity contribution in [2.24, 2.45) is 15.7 Å². The first-order valence-corrected chi connectivity index (χ1v) is 16.6. The molecule has 250 valence electrons. The highest BCUT2D eigenvalue weighted by atomic mass is 35.5. The number of piperazine rings is 1. The van der Waals surface area contributed by atoms with E-state index in [0.717, 1.165) is 57.3 Å². The van der Waals surface area contributed by atoms with E-state index in [1.54, 1.807) is 25.3 Å². The summed E-state index contributed by atoms with van der Waals surface area (Å²) in [5.74, 6) is 0.597. The van der Waals surface area contributed by atoms with Gasteiger partial charge in [-0.2, -0.15) is 0 Å². The van der Waals surface area contributed by atoms with E-state index < -0.39 is 12.1 Å². The van der Waals surface area contributed by atoms with Crippen molar-refractivity contribution >= 4 is 41.1 Å². The number of anilines is 1. The monoisotopic (exact) mass is 664 g/mol. The maximum Gasteiger partial charge on any atom is 0.226 e. The first-order valence-electron chi connectivity index (χ1n) is 15.8. The van der Waals surface area contributed by atoms with Crippen LogP contribution in [0.25, 0.3) is 0 Å². The summed E-state index contributed by atoms with van der Waals surface area (Å²) in [6, 6.07) is 13.2. The third-order valence-electron chi connectivity index (χ3n) is 7.50. The predicted molar refractivity (Wildman–Crippen MR) is 185 cm³/mol. The molecule has 0 spiro atoms. The summed E-state index contributed by atoms with van der Waals surface area (Å²) in [5.41, 5.74) is 7.24. The molecule has 0 aromatic heterocycles. The Morgan fingerprint density at radius 2 is 1.82 bits per heavy atom. The normalized spacial score (nSPS) is 20.3. The topological polar surface area (TPSA) is 106 Å². The van der Waals surface area contributed by atoms with Crippen molar-refractivity contribution < 1.29 is 18.9 Å². The van der Waals surface area contributed by atoms with Crippen LogP contribution in [-0.4, -0.2) is 89.6 Å². The van der Waals surface area contributed by atoms with Crippen molar-refractivity contribution in [2.45, 2.75) is 58.5 Å². The lowest BCUT2D eigenvalue weighted by molar-refractivity contribution is -0.195. The van der Waals surface area contributed by atoms with Crippen LogP contribution in [0.3, 0.4) is 0 Å². The van der Waals surface area contributed by atoms with Crippen LogP contribution in [0.5, 0.6) is 5.75 Å². The third kappa shape index (κ3) is 11.6. The lowest BCUT2D eigenvalue weighted by atomic mass is 10.1. The fourth-order valence-corrected chi connectivity index (χ4v) is 5.60. The van der Waals surface area contributed by atoms with Crippen molar-refractivity contribution in [3.8, 4) is 5.75 Å². The number of benzene rings is 2. The average Bonchev–Trinajstić information content (AvgIpc) is 3.45. The van der Waals surface area contributed by atoms with E-state index in [-0.39, 0.29) is 19.8 Å². The number of halogens is 2. The summed E-state index contributed by atoms with van der Waals surface area (Å²) in [5, 5.41) is 4.03. The zero-order valence-corrected chi connectivity index (χ0v) is 28.7. The molecule has 2 aliphatic rings. The van der Waals surface area contributed by atoms with Gasteiger partial charge in [-0.05, 0) is 49.7 Å². The summed E-state index contributed by atoms with van der Waals surface area (Å²) in [7, 11) is 1.72. The second-order valence-electron chi connectivity index (χ2n) is 10.8.